The van der Waals surface area contributed by atoms with Gasteiger partial charge in [0.15, 0.2) is 5.96 Å². The van der Waals surface area contributed by atoms with Gasteiger partial charge in [-0.3, -0.25) is 0 Å². The summed E-state index contributed by atoms with van der Waals surface area (Å²) in [5.41, 5.74) is 2.58. The molecule has 1 aliphatic heterocycles. The monoisotopic (exact) mass is 528 g/mol. The Kier molecular flexibility index (Phi) is 9.71. The van der Waals surface area contributed by atoms with Crippen molar-refractivity contribution in [3.05, 3.63) is 52.2 Å². The number of rotatable bonds is 7. The highest BCUT2D eigenvalue weighted by Crippen LogP contribution is 2.26. The maximum Gasteiger partial charge on any atom is 0.191 e. The fourth-order valence-electron chi connectivity index (χ4n) is 3.32. The lowest BCUT2D eigenvalue weighted by Gasteiger charge is -2.30. The largest absolute Gasteiger partial charge is 0.378 e. The minimum Gasteiger partial charge on any atom is -0.378 e. The molecule has 2 N–H and O–H groups in total. The van der Waals surface area contributed by atoms with E-state index in [1.165, 1.54) is 16.1 Å². The lowest BCUT2D eigenvalue weighted by Crippen LogP contribution is -2.43. The number of anilines is 1. The Labute approximate surface area is 196 Å². The van der Waals surface area contributed by atoms with Gasteiger partial charge in [0, 0.05) is 42.2 Å². The van der Waals surface area contributed by atoms with Gasteiger partial charge in [-0.2, -0.15) is 0 Å². The van der Waals surface area contributed by atoms with Crippen LogP contribution in [-0.2, 0) is 16.7 Å². The zero-order valence-electron chi connectivity index (χ0n) is 17.6. The molecule has 0 spiro atoms. The van der Waals surface area contributed by atoms with E-state index in [1.807, 2.05) is 0 Å². The second-order valence-corrected chi connectivity index (χ2v) is 8.59. The number of hydrogen-bond acceptors (Lipinski definition) is 4. The summed E-state index contributed by atoms with van der Waals surface area (Å²) in [5, 5.41) is 9.05. The number of thiophene rings is 1. The van der Waals surface area contributed by atoms with Gasteiger partial charge < -0.3 is 20.3 Å². The summed E-state index contributed by atoms with van der Waals surface area (Å²) in [4.78, 5) is 8.64. The molecule has 0 aliphatic carbocycles. The Morgan fingerprint density at radius 1 is 1.14 bits per heavy atom. The van der Waals surface area contributed by atoms with Gasteiger partial charge in [-0.15, -0.1) is 35.3 Å². The first-order valence-electron chi connectivity index (χ1n) is 10.1. The number of hydrogen-bond donors (Lipinski definition) is 2. The van der Waals surface area contributed by atoms with E-state index in [-0.39, 0.29) is 29.4 Å². The fraction of sp³-hybridized carbons (Fsp3) is 0.500. The van der Waals surface area contributed by atoms with Crippen LogP contribution in [0.4, 0.5) is 5.69 Å². The van der Waals surface area contributed by atoms with Crippen LogP contribution in [-0.4, -0.2) is 45.4 Å². The van der Waals surface area contributed by atoms with E-state index >= 15 is 0 Å². The number of ether oxygens (including phenoxy) is 1. The zero-order valence-corrected chi connectivity index (χ0v) is 20.8. The molecule has 0 bridgehead atoms. The molecule has 160 valence electrons. The SMILES string of the molecule is CCNC(=NCc1ccccc1N1CCOCC1)NCC(C)(C)c1cccs1.I. The van der Waals surface area contributed by atoms with E-state index in [4.69, 9.17) is 9.73 Å². The van der Waals surface area contributed by atoms with E-state index in [0.29, 0.717) is 6.54 Å². The third-order valence-electron chi connectivity index (χ3n) is 4.98. The molecule has 1 fully saturated rings. The van der Waals surface area contributed by atoms with Crippen molar-refractivity contribution in [1.82, 2.24) is 10.6 Å². The number of nitrogens with one attached hydrogen (secondary N) is 2. The summed E-state index contributed by atoms with van der Waals surface area (Å²) in [5.74, 6) is 0.865. The first-order chi connectivity index (χ1) is 13.6. The molecular formula is C22H33IN4OS. The Morgan fingerprint density at radius 2 is 1.90 bits per heavy atom. The first kappa shape index (κ1) is 24.0. The van der Waals surface area contributed by atoms with E-state index < -0.39 is 0 Å². The van der Waals surface area contributed by atoms with Crippen molar-refractivity contribution in [1.29, 1.82) is 0 Å². The van der Waals surface area contributed by atoms with Crippen molar-refractivity contribution in [2.24, 2.45) is 4.99 Å². The van der Waals surface area contributed by atoms with Gasteiger partial charge >= 0.3 is 0 Å². The molecule has 0 saturated carbocycles. The summed E-state index contributed by atoms with van der Waals surface area (Å²) in [7, 11) is 0. The van der Waals surface area contributed by atoms with E-state index in [2.05, 4.69) is 78.1 Å². The molecule has 5 nitrogen and oxygen atoms in total. The predicted molar refractivity (Wildman–Crippen MR) is 135 cm³/mol. The second-order valence-electron chi connectivity index (χ2n) is 7.64. The Hall–Kier alpha value is -1.32. The third-order valence-corrected chi connectivity index (χ3v) is 6.22. The zero-order chi connectivity index (χ0) is 19.8. The molecule has 29 heavy (non-hydrogen) atoms. The highest BCUT2D eigenvalue weighted by molar-refractivity contribution is 14.0. The minimum atomic E-state index is 0. The number of halogens is 1. The van der Waals surface area contributed by atoms with Crippen LogP contribution in [0, 0.1) is 0 Å². The predicted octanol–water partition coefficient (Wildman–Crippen LogP) is 4.24. The number of aliphatic imine (C=N–C) groups is 1. The fourth-order valence-corrected chi connectivity index (χ4v) is 4.17. The Morgan fingerprint density at radius 3 is 2.59 bits per heavy atom. The van der Waals surface area contributed by atoms with Crippen LogP contribution in [0.1, 0.15) is 31.2 Å². The van der Waals surface area contributed by atoms with Gasteiger partial charge in [-0.05, 0) is 30.0 Å². The summed E-state index contributed by atoms with van der Waals surface area (Å²) >= 11 is 1.81. The first-order valence-corrected chi connectivity index (χ1v) is 10.9. The number of guanidine groups is 1. The van der Waals surface area contributed by atoms with Crippen molar-refractivity contribution in [3.63, 3.8) is 0 Å². The van der Waals surface area contributed by atoms with Crippen LogP contribution >= 0.6 is 35.3 Å². The topological polar surface area (TPSA) is 48.9 Å². The van der Waals surface area contributed by atoms with Crippen molar-refractivity contribution in [2.75, 3.05) is 44.3 Å². The molecular weight excluding hydrogens is 495 g/mol. The number of nitrogens with zero attached hydrogens (tertiary/aromatic N) is 2. The standard InChI is InChI=1S/C22H32N4OS.HI/c1-4-23-21(25-17-22(2,3)20-10-7-15-28-20)24-16-18-8-5-6-9-19(18)26-11-13-27-14-12-26;/h5-10,15H,4,11-14,16-17H2,1-3H3,(H2,23,24,25);1H. The van der Waals surface area contributed by atoms with E-state index in [0.717, 1.165) is 45.4 Å². The molecule has 0 amide bonds. The molecule has 1 aliphatic rings. The van der Waals surface area contributed by atoms with Gasteiger partial charge in [-0.1, -0.05) is 38.1 Å². The van der Waals surface area contributed by atoms with Gasteiger partial charge in [0.1, 0.15) is 0 Å². The summed E-state index contributed by atoms with van der Waals surface area (Å²) in [6, 6.07) is 12.9. The second kappa shape index (κ2) is 11.8. The number of benzene rings is 1. The maximum absolute atomic E-state index is 5.50. The molecule has 1 saturated heterocycles. The van der Waals surface area contributed by atoms with Crippen LogP contribution in [0.3, 0.4) is 0 Å². The molecule has 3 rings (SSSR count). The highest BCUT2D eigenvalue weighted by atomic mass is 127. The molecule has 1 aromatic carbocycles. The van der Waals surface area contributed by atoms with Crippen molar-refractivity contribution >= 4 is 47.0 Å². The summed E-state index contributed by atoms with van der Waals surface area (Å²) in [6.07, 6.45) is 0. The average molecular weight is 529 g/mol. The highest BCUT2D eigenvalue weighted by Gasteiger charge is 2.22. The molecule has 0 unspecified atom stereocenters. The normalized spacial score (nSPS) is 15.0. The number of morpholine rings is 1. The van der Waals surface area contributed by atoms with Gasteiger partial charge in [0.05, 0.1) is 19.8 Å². The van der Waals surface area contributed by atoms with Crippen LogP contribution in [0.25, 0.3) is 0 Å². The Bertz CT molecular complexity index is 758. The summed E-state index contributed by atoms with van der Waals surface area (Å²) in [6.45, 7) is 12.4. The molecule has 7 heteroatoms. The molecule has 2 aromatic rings. The molecule has 1 aromatic heterocycles. The summed E-state index contributed by atoms with van der Waals surface area (Å²) < 4.78 is 5.50. The van der Waals surface area contributed by atoms with Gasteiger partial charge in [-0.25, -0.2) is 4.99 Å². The average Bonchev–Trinajstić information content (AvgIpc) is 3.27. The minimum absolute atomic E-state index is 0. The molecule has 0 atom stereocenters. The van der Waals surface area contributed by atoms with Crippen molar-refractivity contribution < 1.29 is 4.74 Å². The third kappa shape index (κ3) is 6.86. The van der Waals surface area contributed by atoms with Gasteiger partial charge in [0.2, 0.25) is 0 Å². The number of para-hydroxylation sites is 1. The van der Waals surface area contributed by atoms with Crippen molar-refractivity contribution in [2.45, 2.75) is 32.7 Å². The van der Waals surface area contributed by atoms with Crippen molar-refractivity contribution in [3.8, 4) is 0 Å². The Balaban J connectivity index is 0.00000300. The smallest absolute Gasteiger partial charge is 0.191 e. The van der Waals surface area contributed by atoms with Crippen LogP contribution in [0.15, 0.2) is 46.8 Å². The maximum atomic E-state index is 5.50. The lowest BCUT2D eigenvalue weighted by molar-refractivity contribution is 0.122. The molecule has 0 radical (unpaired) electrons. The van der Waals surface area contributed by atoms with Crippen LogP contribution in [0.2, 0.25) is 0 Å². The van der Waals surface area contributed by atoms with Crippen LogP contribution < -0.4 is 15.5 Å². The van der Waals surface area contributed by atoms with Crippen LogP contribution in [0.5, 0.6) is 0 Å². The van der Waals surface area contributed by atoms with E-state index in [1.54, 1.807) is 11.3 Å². The quantitative estimate of drug-likeness (QED) is 0.321. The van der Waals surface area contributed by atoms with Gasteiger partial charge in [0.25, 0.3) is 0 Å². The molecule has 2 heterocycles. The van der Waals surface area contributed by atoms with E-state index in [9.17, 15) is 0 Å². The lowest BCUT2D eigenvalue weighted by atomic mass is 9.91.